The van der Waals surface area contributed by atoms with Gasteiger partial charge in [-0.25, -0.2) is 4.39 Å². The number of methoxy groups -OCH3 is 1. The van der Waals surface area contributed by atoms with E-state index in [1.165, 1.54) is 6.07 Å². The van der Waals surface area contributed by atoms with Gasteiger partial charge in [-0.05, 0) is 31.7 Å². The molecule has 0 spiro atoms. The zero-order chi connectivity index (χ0) is 21.4. The standard InChI is InChI=1S/C22H33FN2O4/c1-15(2)21(26)24-20(16(3)29-14-18-9-5-6-10-19(18)23)22(27)25-11-7-8-17(12-25)13-28-4/h5-6,9-10,15-17,20H,7-8,11-14H2,1-4H3,(H,24,26). The van der Waals surface area contributed by atoms with E-state index in [1.54, 1.807) is 51.0 Å². The van der Waals surface area contributed by atoms with Crippen LogP contribution in [0.15, 0.2) is 24.3 Å². The van der Waals surface area contributed by atoms with Gasteiger partial charge in [0, 0.05) is 31.7 Å². The first kappa shape index (κ1) is 23.3. The molecule has 3 unspecified atom stereocenters. The van der Waals surface area contributed by atoms with Crippen molar-refractivity contribution in [1.29, 1.82) is 0 Å². The molecule has 29 heavy (non-hydrogen) atoms. The summed E-state index contributed by atoms with van der Waals surface area (Å²) in [4.78, 5) is 27.3. The van der Waals surface area contributed by atoms with Crippen LogP contribution in [-0.4, -0.2) is 55.7 Å². The summed E-state index contributed by atoms with van der Waals surface area (Å²) in [5, 5.41) is 2.83. The lowest BCUT2D eigenvalue weighted by Crippen LogP contribution is -2.56. The van der Waals surface area contributed by atoms with Crippen LogP contribution < -0.4 is 5.32 Å². The molecule has 0 aromatic heterocycles. The van der Waals surface area contributed by atoms with Gasteiger partial charge in [0.2, 0.25) is 11.8 Å². The van der Waals surface area contributed by atoms with Crippen LogP contribution >= 0.6 is 0 Å². The molecule has 1 aliphatic heterocycles. The molecular formula is C22H33FN2O4. The van der Waals surface area contributed by atoms with Crippen molar-refractivity contribution in [3.05, 3.63) is 35.6 Å². The molecular weight excluding hydrogens is 375 g/mol. The summed E-state index contributed by atoms with van der Waals surface area (Å²) in [5.41, 5.74) is 0.416. The Labute approximate surface area is 172 Å². The fourth-order valence-corrected chi connectivity index (χ4v) is 3.47. The Bertz CT molecular complexity index is 681. The fourth-order valence-electron chi connectivity index (χ4n) is 3.47. The highest BCUT2D eigenvalue weighted by atomic mass is 19.1. The van der Waals surface area contributed by atoms with E-state index in [2.05, 4.69) is 5.32 Å². The lowest BCUT2D eigenvalue weighted by Gasteiger charge is -2.36. The molecule has 7 heteroatoms. The molecule has 1 saturated heterocycles. The third-order valence-corrected chi connectivity index (χ3v) is 5.25. The molecule has 1 aromatic rings. The Morgan fingerprint density at radius 1 is 1.28 bits per heavy atom. The van der Waals surface area contributed by atoms with Gasteiger partial charge in [0.15, 0.2) is 0 Å². The summed E-state index contributed by atoms with van der Waals surface area (Å²) < 4.78 is 24.9. The molecule has 0 radical (unpaired) electrons. The largest absolute Gasteiger partial charge is 0.384 e. The molecule has 0 aliphatic carbocycles. The van der Waals surface area contributed by atoms with Crippen LogP contribution in [0.5, 0.6) is 0 Å². The van der Waals surface area contributed by atoms with Gasteiger partial charge >= 0.3 is 0 Å². The number of nitrogens with one attached hydrogen (secondary N) is 1. The molecule has 3 atom stereocenters. The van der Waals surface area contributed by atoms with E-state index in [0.717, 1.165) is 12.8 Å². The first-order valence-electron chi connectivity index (χ1n) is 10.3. The molecule has 1 heterocycles. The van der Waals surface area contributed by atoms with E-state index in [4.69, 9.17) is 9.47 Å². The maximum atomic E-state index is 13.9. The molecule has 1 aromatic carbocycles. The number of rotatable bonds is 9. The molecule has 1 aliphatic rings. The smallest absolute Gasteiger partial charge is 0.247 e. The number of benzene rings is 1. The SMILES string of the molecule is COCC1CCCN(C(=O)C(NC(=O)C(C)C)C(C)OCc2ccccc2F)C1. The summed E-state index contributed by atoms with van der Waals surface area (Å²) >= 11 is 0. The molecule has 1 fully saturated rings. The summed E-state index contributed by atoms with van der Waals surface area (Å²) in [5.74, 6) is -0.705. The molecule has 2 rings (SSSR count). The average molecular weight is 409 g/mol. The van der Waals surface area contributed by atoms with Gasteiger partial charge in [0.25, 0.3) is 0 Å². The number of amides is 2. The first-order chi connectivity index (χ1) is 13.8. The maximum absolute atomic E-state index is 13.9. The van der Waals surface area contributed by atoms with E-state index in [-0.39, 0.29) is 36.1 Å². The van der Waals surface area contributed by atoms with E-state index in [9.17, 15) is 14.0 Å². The van der Waals surface area contributed by atoms with Crippen molar-refractivity contribution in [1.82, 2.24) is 10.2 Å². The van der Waals surface area contributed by atoms with Crippen molar-refractivity contribution < 1.29 is 23.5 Å². The van der Waals surface area contributed by atoms with Gasteiger partial charge in [-0.15, -0.1) is 0 Å². The van der Waals surface area contributed by atoms with Crippen LogP contribution in [0.4, 0.5) is 4.39 Å². The third-order valence-electron chi connectivity index (χ3n) is 5.25. The number of halogens is 1. The Morgan fingerprint density at radius 2 is 2.00 bits per heavy atom. The Balaban J connectivity index is 2.09. The number of carbonyl (C=O) groups excluding carboxylic acids is 2. The Hall–Kier alpha value is -1.99. The first-order valence-corrected chi connectivity index (χ1v) is 10.3. The van der Waals surface area contributed by atoms with E-state index in [0.29, 0.717) is 25.3 Å². The number of hydrogen-bond acceptors (Lipinski definition) is 4. The van der Waals surface area contributed by atoms with Gasteiger partial charge in [0.1, 0.15) is 11.9 Å². The molecule has 6 nitrogen and oxygen atoms in total. The second-order valence-corrected chi connectivity index (χ2v) is 8.00. The van der Waals surface area contributed by atoms with E-state index >= 15 is 0 Å². The summed E-state index contributed by atoms with van der Waals surface area (Å²) in [6.45, 7) is 7.16. The second-order valence-electron chi connectivity index (χ2n) is 8.00. The minimum Gasteiger partial charge on any atom is -0.384 e. The van der Waals surface area contributed by atoms with Crippen molar-refractivity contribution in [3.63, 3.8) is 0 Å². The second kappa shape index (κ2) is 11.3. The number of ether oxygens (including phenoxy) is 2. The predicted octanol–water partition coefficient (Wildman–Crippen LogP) is 2.76. The molecule has 0 saturated carbocycles. The topological polar surface area (TPSA) is 67.9 Å². The number of hydrogen-bond donors (Lipinski definition) is 1. The predicted molar refractivity (Wildman–Crippen MR) is 109 cm³/mol. The van der Waals surface area contributed by atoms with Crippen LogP contribution in [0.3, 0.4) is 0 Å². The van der Waals surface area contributed by atoms with Crippen molar-refractivity contribution in [2.24, 2.45) is 11.8 Å². The van der Waals surface area contributed by atoms with Crippen LogP contribution in [0.25, 0.3) is 0 Å². The minimum absolute atomic E-state index is 0.0292. The minimum atomic E-state index is -0.821. The molecule has 162 valence electrons. The third kappa shape index (κ3) is 6.78. The normalized spacial score (nSPS) is 19.1. The zero-order valence-electron chi connectivity index (χ0n) is 17.8. The highest BCUT2D eigenvalue weighted by Gasteiger charge is 2.34. The van der Waals surface area contributed by atoms with Gasteiger partial charge in [-0.2, -0.15) is 0 Å². The summed E-state index contributed by atoms with van der Waals surface area (Å²) in [7, 11) is 1.66. The lowest BCUT2D eigenvalue weighted by atomic mass is 9.97. The van der Waals surface area contributed by atoms with Crippen molar-refractivity contribution in [2.45, 2.75) is 52.4 Å². The molecule has 0 bridgehead atoms. The van der Waals surface area contributed by atoms with Gasteiger partial charge in [-0.1, -0.05) is 32.0 Å². The number of piperidine rings is 1. The summed E-state index contributed by atoms with van der Waals surface area (Å²) in [6, 6.07) is 5.55. The molecule has 2 amide bonds. The van der Waals surface area contributed by atoms with Crippen molar-refractivity contribution >= 4 is 11.8 Å². The van der Waals surface area contributed by atoms with Crippen LogP contribution in [0, 0.1) is 17.7 Å². The average Bonchev–Trinajstić information content (AvgIpc) is 2.71. The quantitative estimate of drug-likeness (QED) is 0.682. The number of carbonyl (C=O) groups is 2. The lowest BCUT2D eigenvalue weighted by molar-refractivity contribution is -0.143. The number of likely N-dealkylation sites (tertiary alicyclic amines) is 1. The molecule has 1 N–H and O–H groups in total. The highest BCUT2D eigenvalue weighted by Crippen LogP contribution is 2.19. The zero-order valence-corrected chi connectivity index (χ0v) is 17.8. The van der Waals surface area contributed by atoms with Gasteiger partial charge in [0.05, 0.1) is 19.3 Å². The fraction of sp³-hybridized carbons (Fsp3) is 0.636. The monoisotopic (exact) mass is 408 g/mol. The van der Waals surface area contributed by atoms with Crippen molar-refractivity contribution in [2.75, 3.05) is 26.8 Å². The van der Waals surface area contributed by atoms with E-state index in [1.807, 2.05) is 0 Å². The number of nitrogens with zero attached hydrogens (tertiary/aromatic N) is 1. The van der Waals surface area contributed by atoms with E-state index < -0.39 is 12.1 Å². The van der Waals surface area contributed by atoms with Crippen molar-refractivity contribution in [3.8, 4) is 0 Å². The van der Waals surface area contributed by atoms with Crippen LogP contribution in [0.2, 0.25) is 0 Å². The summed E-state index contributed by atoms with van der Waals surface area (Å²) in [6.07, 6.45) is 1.31. The maximum Gasteiger partial charge on any atom is 0.247 e. The van der Waals surface area contributed by atoms with Gasteiger partial charge in [-0.3, -0.25) is 9.59 Å². The van der Waals surface area contributed by atoms with Crippen LogP contribution in [-0.2, 0) is 25.7 Å². The highest BCUT2D eigenvalue weighted by molar-refractivity contribution is 5.88. The van der Waals surface area contributed by atoms with Gasteiger partial charge < -0.3 is 19.7 Å². The van der Waals surface area contributed by atoms with Crippen LogP contribution in [0.1, 0.15) is 39.2 Å². The Morgan fingerprint density at radius 3 is 2.66 bits per heavy atom. The Kier molecular flexibility index (Phi) is 9.04.